The Labute approximate surface area is 200 Å². The third-order valence-corrected chi connectivity index (χ3v) is 6.84. The summed E-state index contributed by atoms with van der Waals surface area (Å²) in [6, 6.07) is 10.5. The second kappa shape index (κ2) is 11.2. The number of amides is 1. The fraction of sp³-hybridized carbons (Fsp3) is 0.435. The largest absolute Gasteiger partial charge is 0.495 e. The highest BCUT2D eigenvalue weighted by Crippen LogP contribution is 2.30. The van der Waals surface area contributed by atoms with Gasteiger partial charge in [-0.3, -0.25) is 14.4 Å². The van der Waals surface area contributed by atoms with Crippen LogP contribution >= 0.6 is 11.6 Å². The van der Waals surface area contributed by atoms with E-state index < -0.39 is 10.0 Å². The molecule has 1 aliphatic heterocycles. The summed E-state index contributed by atoms with van der Waals surface area (Å²) in [5, 5.41) is 3.23. The van der Waals surface area contributed by atoms with Crippen LogP contribution in [0.2, 0.25) is 5.02 Å². The van der Waals surface area contributed by atoms with Gasteiger partial charge in [-0.15, -0.1) is 0 Å². The fourth-order valence-electron chi connectivity index (χ4n) is 3.84. The molecule has 1 fully saturated rings. The number of hydrogen-bond donors (Lipinski definition) is 2. The van der Waals surface area contributed by atoms with E-state index >= 15 is 0 Å². The van der Waals surface area contributed by atoms with Gasteiger partial charge in [-0.05, 0) is 56.7 Å². The highest BCUT2D eigenvalue weighted by atomic mass is 35.5. The Morgan fingerprint density at radius 1 is 1.18 bits per heavy atom. The van der Waals surface area contributed by atoms with Crippen molar-refractivity contribution < 1.29 is 22.7 Å². The normalized spacial score (nSPS) is 19.2. The Kier molecular flexibility index (Phi) is 8.58. The summed E-state index contributed by atoms with van der Waals surface area (Å²) in [4.78, 5) is 14.9. The maximum Gasteiger partial charge on any atom is 0.262 e. The van der Waals surface area contributed by atoms with Gasteiger partial charge in [-0.2, -0.15) is 0 Å². The molecule has 1 saturated heterocycles. The molecule has 2 aromatic carbocycles. The highest BCUT2D eigenvalue weighted by Gasteiger charge is 2.22. The SMILES string of the molecule is COc1ccc(Cl)cc1NS(=O)(=O)c1cccc(C(=O)NCCCN2CC(C)OC(C)C2)c1. The maximum absolute atomic E-state index is 12.9. The summed E-state index contributed by atoms with van der Waals surface area (Å²) in [5.41, 5.74) is 0.483. The number of anilines is 1. The first-order valence-electron chi connectivity index (χ1n) is 10.8. The van der Waals surface area contributed by atoms with Crippen molar-refractivity contribution in [2.75, 3.05) is 38.0 Å². The summed E-state index contributed by atoms with van der Waals surface area (Å²) in [6.07, 6.45) is 1.20. The number of carbonyl (C=O) groups is 1. The van der Waals surface area contributed by atoms with Crippen molar-refractivity contribution in [2.45, 2.75) is 37.4 Å². The first kappa shape index (κ1) is 25.3. The number of ether oxygens (including phenoxy) is 2. The maximum atomic E-state index is 12.9. The Bertz CT molecular complexity index is 1070. The number of nitrogens with one attached hydrogen (secondary N) is 2. The van der Waals surface area contributed by atoms with E-state index in [9.17, 15) is 13.2 Å². The molecule has 1 amide bonds. The Morgan fingerprint density at radius 2 is 1.91 bits per heavy atom. The number of morpholine rings is 1. The molecule has 0 bridgehead atoms. The van der Waals surface area contributed by atoms with Gasteiger partial charge in [0, 0.05) is 36.8 Å². The van der Waals surface area contributed by atoms with E-state index in [0.717, 1.165) is 26.1 Å². The summed E-state index contributed by atoms with van der Waals surface area (Å²) < 4.78 is 39.2. The summed E-state index contributed by atoms with van der Waals surface area (Å²) in [5.74, 6) is 0.0111. The Hall–Kier alpha value is -2.33. The second-order valence-corrected chi connectivity index (χ2v) is 10.2. The average Bonchev–Trinajstić information content (AvgIpc) is 2.76. The molecule has 2 unspecified atom stereocenters. The number of sulfonamides is 1. The first-order valence-corrected chi connectivity index (χ1v) is 12.7. The monoisotopic (exact) mass is 495 g/mol. The van der Waals surface area contributed by atoms with E-state index in [1.54, 1.807) is 18.2 Å². The molecule has 2 aromatic rings. The lowest BCUT2D eigenvalue weighted by Crippen LogP contribution is -2.46. The molecule has 2 atom stereocenters. The van der Waals surface area contributed by atoms with Gasteiger partial charge < -0.3 is 14.8 Å². The molecular weight excluding hydrogens is 466 g/mol. The number of rotatable bonds is 9. The van der Waals surface area contributed by atoms with Crippen molar-refractivity contribution in [3.8, 4) is 5.75 Å². The van der Waals surface area contributed by atoms with Crippen molar-refractivity contribution >= 4 is 33.2 Å². The molecule has 0 radical (unpaired) electrons. The molecule has 0 aromatic heterocycles. The number of halogens is 1. The lowest BCUT2D eigenvalue weighted by Gasteiger charge is -2.35. The Balaban J connectivity index is 1.59. The number of hydrogen-bond acceptors (Lipinski definition) is 6. The first-order chi connectivity index (χ1) is 15.7. The smallest absolute Gasteiger partial charge is 0.262 e. The van der Waals surface area contributed by atoms with Crippen LogP contribution in [-0.4, -0.2) is 64.7 Å². The van der Waals surface area contributed by atoms with Crippen molar-refractivity contribution in [1.29, 1.82) is 0 Å². The van der Waals surface area contributed by atoms with E-state index in [2.05, 4.69) is 28.8 Å². The van der Waals surface area contributed by atoms with Crippen LogP contribution in [0, 0.1) is 0 Å². The van der Waals surface area contributed by atoms with Gasteiger partial charge in [0.25, 0.3) is 15.9 Å². The molecule has 1 heterocycles. The van der Waals surface area contributed by atoms with Crippen LogP contribution in [0.15, 0.2) is 47.4 Å². The quantitative estimate of drug-likeness (QED) is 0.518. The topological polar surface area (TPSA) is 97.0 Å². The van der Waals surface area contributed by atoms with Gasteiger partial charge in [0.05, 0.1) is 29.9 Å². The molecule has 3 rings (SSSR count). The summed E-state index contributed by atoms with van der Waals surface area (Å²) in [6.45, 7) is 7.23. The van der Waals surface area contributed by atoms with Crippen molar-refractivity contribution in [1.82, 2.24) is 10.2 Å². The zero-order valence-electron chi connectivity index (χ0n) is 19.0. The Morgan fingerprint density at radius 3 is 2.61 bits per heavy atom. The minimum Gasteiger partial charge on any atom is -0.495 e. The van der Waals surface area contributed by atoms with E-state index in [-0.39, 0.29) is 34.3 Å². The molecule has 0 aliphatic carbocycles. The standard InChI is InChI=1S/C23H30ClN3O5S/c1-16-14-27(15-17(2)32-16)11-5-10-25-23(28)18-6-4-7-20(12-18)33(29,30)26-21-13-19(24)8-9-22(21)31-3/h4,6-9,12-13,16-17,26H,5,10-11,14-15H2,1-3H3,(H,25,28). The predicted molar refractivity (Wildman–Crippen MR) is 129 cm³/mol. The van der Waals surface area contributed by atoms with Gasteiger partial charge in [0.15, 0.2) is 0 Å². The van der Waals surface area contributed by atoms with Crippen LogP contribution in [-0.2, 0) is 14.8 Å². The van der Waals surface area contributed by atoms with Crippen LogP contribution in [0.25, 0.3) is 0 Å². The van der Waals surface area contributed by atoms with Gasteiger partial charge in [0.2, 0.25) is 0 Å². The van der Waals surface area contributed by atoms with E-state index in [1.807, 2.05) is 0 Å². The summed E-state index contributed by atoms with van der Waals surface area (Å²) >= 11 is 5.99. The van der Waals surface area contributed by atoms with E-state index in [4.69, 9.17) is 21.1 Å². The fourth-order valence-corrected chi connectivity index (χ4v) is 5.12. The zero-order valence-corrected chi connectivity index (χ0v) is 20.6. The van der Waals surface area contributed by atoms with E-state index in [0.29, 0.717) is 17.3 Å². The molecule has 10 heteroatoms. The number of methoxy groups -OCH3 is 1. The minimum absolute atomic E-state index is 0.0338. The molecule has 1 aliphatic rings. The van der Waals surface area contributed by atoms with Gasteiger partial charge >= 0.3 is 0 Å². The summed E-state index contributed by atoms with van der Waals surface area (Å²) in [7, 11) is -2.52. The average molecular weight is 496 g/mol. The molecular formula is C23H30ClN3O5S. The molecule has 33 heavy (non-hydrogen) atoms. The molecule has 180 valence electrons. The van der Waals surface area contributed by atoms with Crippen molar-refractivity contribution in [3.05, 3.63) is 53.1 Å². The zero-order chi connectivity index (χ0) is 24.0. The highest BCUT2D eigenvalue weighted by molar-refractivity contribution is 7.92. The minimum atomic E-state index is -3.96. The van der Waals surface area contributed by atoms with Crippen LogP contribution in [0.4, 0.5) is 5.69 Å². The lowest BCUT2D eigenvalue weighted by molar-refractivity contribution is -0.0680. The van der Waals surface area contributed by atoms with Gasteiger partial charge in [-0.25, -0.2) is 8.42 Å². The number of nitrogens with zero attached hydrogens (tertiary/aromatic N) is 1. The van der Waals surface area contributed by atoms with Crippen LogP contribution in [0.1, 0.15) is 30.6 Å². The molecule has 0 saturated carbocycles. The van der Waals surface area contributed by atoms with E-state index in [1.165, 1.54) is 31.4 Å². The molecule has 0 spiro atoms. The molecule has 2 N–H and O–H groups in total. The third kappa shape index (κ3) is 7.07. The van der Waals surface area contributed by atoms with Crippen molar-refractivity contribution in [3.63, 3.8) is 0 Å². The predicted octanol–water partition coefficient (Wildman–Crippen LogP) is 3.38. The lowest BCUT2D eigenvalue weighted by atomic mass is 10.2. The third-order valence-electron chi connectivity index (χ3n) is 5.24. The van der Waals surface area contributed by atoms with Gasteiger partial charge in [0.1, 0.15) is 5.75 Å². The molecule has 8 nitrogen and oxygen atoms in total. The van der Waals surface area contributed by atoms with Crippen LogP contribution in [0.3, 0.4) is 0 Å². The van der Waals surface area contributed by atoms with Crippen LogP contribution < -0.4 is 14.8 Å². The number of benzene rings is 2. The van der Waals surface area contributed by atoms with Crippen LogP contribution in [0.5, 0.6) is 5.75 Å². The number of carbonyl (C=O) groups excluding carboxylic acids is 1. The van der Waals surface area contributed by atoms with Crippen molar-refractivity contribution in [2.24, 2.45) is 0 Å². The second-order valence-electron chi connectivity index (χ2n) is 8.10. The van der Waals surface area contributed by atoms with Gasteiger partial charge in [-0.1, -0.05) is 17.7 Å².